The topological polar surface area (TPSA) is 248 Å². The average Bonchev–Trinajstić information content (AvgIpc) is 2.79. The molecule has 0 bridgehead atoms. The molecule has 0 aromatic heterocycles. The third-order valence-corrected chi connectivity index (χ3v) is 6.03. The molecule has 194 valence electrons. The van der Waals surface area contributed by atoms with E-state index < -0.39 is 105 Å². The molecule has 0 saturated carbocycles. The molecule has 0 aliphatic carbocycles. The van der Waals surface area contributed by atoms with E-state index in [1.165, 1.54) is 6.92 Å². The van der Waals surface area contributed by atoms with Crippen LogP contribution in [0.2, 0.25) is 0 Å². The second-order valence-corrected chi connectivity index (χ2v) is 8.36. The van der Waals surface area contributed by atoms with Crippen molar-refractivity contribution in [3.05, 3.63) is 0 Å². The highest BCUT2D eigenvalue weighted by atomic mass is 16.7. The van der Waals surface area contributed by atoms with Crippen LogP contribution < -0.4 is 0 Å². The van der Waals surface area contributed by atoms with Gasteiger partial charge in [-0.1, -0.05) is 0 Å². The van der Waals surface area contributed by atoms with E-state index in [1.807, 2.05) is 0 Å². The largest absolute Gasteiger partial charge is 0.394 e. The van der Waals surface area contributed by atoms with Crippen molar-refractivity contribution in [1.29, 1.82) is 0 Å². The summed E-state index contributed by atoms with van der Waals surface area (Å²) in [4.78, 5) is 0. The molecule has 15 atom stereocenters. The summed E-state index contributed by atoms with van der Waals surface area (Å²) in [7, 11) is 0. The summed E-state index contributed by atoms with van der Waals surface area (Å²) in [6.07, 6.45) is -23.6. The van der Waals surface area contributed by atoms with Crippen LogP contribution in [-0.4, -0.2) is 156 Å². The second-order valence-electron chi connectivity index (χ2n) is 8.36. The lowest BCUT2D eigenvalue weighted by molar-refractivity contribution is -0.361. The van der Waals surface area contributed by atoms with Gasteiger partial charge in [-0.2, -0.15) is 0 Å². The molecule has 3 aliphatic rings. The lowest BCUT2D eigenvalue weighted by atomic mass is 9.97. The number of hydrogen-bond donors (Lipinski definition) is 10. The highest BCUT2D eigenvalue weighted by molar-refractivity contribution is 4.94. The summed E-state index contributed by atoms with van der Waals surface area (Å²) in [6.45, 7) is 0.175. The maximum atomic E-state index is 10.6. The van der Waals surface area contributed by atoms with Gasteiger partial charge in [0, 0.05) is 0 Å². The first-order valence-corrected chi connectivity index (χ1v) is 10.4. The van der Waals surface area contributed by atoms with Crippen LogP contribution in [0.15, 0.2) is 0 Å². The van der Waals surface area contributed by atoms with Crippen molar-refractivity contribution in [3.8, 4) is 0 Å². The molecule has 0 aromatic carbocycles. The monoisotopic (exact) mass is 488 g/mol. The van der Waals surface area contributed by atoms with Crippen molar-refractivity contribution in [2.45, 2.75) is 99.0 Å². The van der Waals surface area contributed by atoms with Crippen LogP contribution in [0.5, 0.6) is 0 Å². The van der Waals surface area contributed by atoms with E-state index in [4.69, 9.17) is 23.7 Å². The molecule has 0 unspecified atom stereocenters. The molecule has 3 fully saturated rings. The van der Waals surface area contributed by atoms with Gasteiger partial charge in [-0.3, -0.25) is 0 Å². The summed E-state index contributed by atoms with van der Waals surface area (Å²) in [5, 5.41) is 99.6. The maximum Gasteiger partial charge on any atom is 0.187 e. The number of aliphatic hydroxyl groups is 10. The maximum absolute atomic E-state index is 10.6. The zero-order valence-corrected chi connectivity index (χ0v) is 17.6. The van der Waals surface area contributed by atoms with Gasteiger partial charge in [-0.05, 0) is 6.92 Å². The van der Waals surface area contributed by atoms with Crippen molar-refractivity contribution in [1.82, 2.24) is 0 Å². The van der Waals surface area contributed by atoms with Gasteiger partial charge >= 0.3 is 0 Å². The summed E-state index contributed by atoms with van der Waals surface area (Å²) < 4.78 is 26.3. The van der Waals surface area contributed by atoms with Gasteiger partial charge in [0.15, 0.2) is 18.9 Å². The normalized spacial score (nSPS) is 53.7. The SMILES string of the molecule is C[C@@H]1O[C@H](OC[C@H]2O[C@H](O)[C@H](O)[C@@H](O[C@H]3O[C@H](CO)[C@@H](O)[C@H](O)[C@H]3O)[C@@H]2O)[C@@H](O)[C@H](O)[C@@H]1O. The van der Waals surface area contributed by atoms with Gasteiger partial charge < -0.3 is 74.7 Å². The van der Waals surface area contributed by atoms with Gasteiger partial charge in [0.25, 0.3) is 0 Å². The molecule has 15 heteroatoms. The molecule has 0 spiro atoms. The lowest BCUT2D eigenvalue weighted by Crippen LogP contribution is -2.65. The molecule has 0 amide bonds. The lowest BCUT2D eigenvalue weighted by Gasteiger charge is -2.45. The summed E-state index contributed by atoms with van der Waals surface area (Å²) in [5.74, 6) is 0. The Morgan fingerprint density at radius 2 is 1.21 bits per heavy atom. The minimum atomic E-state index is -1.89. The fraction of sp³-hybridized carbons (Fsp3) is 1.00. The number of hydrogen-bond acceptors (Lipinski definition) is 15. The number of aliphatic hydroxyl groups excluding tert-OH is 10. The molecule has 15 nitrogen and oxygen atoms in total. The molecular weight excluding hydrogens is 456 g/mol. The van der Waals surface area contributed by atoms with E-state index >= 15 is 0 Å². The summed E-state index contributed by atoms with van der Waals surface area (Å²) in [5.41, 5.74) is 0. The van der Waals surface area contributed by atoms with Crippen LogP contribution in [0.1, 0.15) is 6.92 Å². The number of ether oxygens (including phenoxy) is 5. The standard InChI is InChI=1S/C18H32O15/c1-4-7(20)10(23)12(25)17(30-4)29-3-6-9(22)15(14(27)16(28)31-6)33-18-13(26)11(24)8(21)5(2-19)32-18/h4-28H,2-3H2,1H3/t4-,5+,6+,7+,8+,9+,10+,11-,12-,13+,14+,15-,16-,17-,18+/m0/s1. The van der Waals surface area contributed by atoms with Crippen LogP contribution in [-0.2, 0) is 23.7 Å². The van der Waals surface area contributed by atoms with Gasteiger partial charge in [0.1, 0.15) is 67.1 Å². The smallest absolute Gasteiger partial charge is 0.187 e. The molecular formula is C18H32O15. The fourth-order valence-electron chi connectivity index (χ4n) is 3.89. The Morgan fingerprint density at radius 3 is 1.85 bits per heavy atom. The van der Waals surface area contributed by atoms with Crippen LogP contribution >= 0.6 is 0 Å². The predicted molar refractivity (Wildman–Crippen MR) is 99.8 cm³/mol. The highest BCUT2D eigenvalue weighted by Crippen LogP contribution is 2.29. The van der Waals surface area contributed by atoms with E-state index in [2.05, 4.69) is 0 Å². The third kappa shape index (κ3) is 5.48. The van der Waals surface area contributed by atoms with Crippen LogP contribution in [0.4, 0.5) is 0 Å². The minimum Gasteiger partial charge on any atom is -0.394 e. The zero-order chi connectivity index (χ0) is 24.6. The Labute approximate surface area is 187 Å². The molecule has 0 aromatic rings. The minimum absolute atomic E-state index is 0.531. The molecule has 3 saturated heterocycles. The fourth-order valence-corrected chi connectivity index (χ4v) is 3.89. The molecule has 33 heavy (non-hydrogen) atoms. The highest BCUT2D eigenvalue weighted by Gasteiger charge is 2.51. The van der Waals surface area contributed by atoms with Crippen molar-refractivity contribution in [2.24, 2.45) is 0 Å². The van der Waals surface area contributed by atoms with Crippen LogP contribution in [0, 0.1) is 0 Å². The van der Waals surface area contributed by atoms with Crippen molar-refractivity contribution in [3.63, 3.8) is 0 Å². The average molecular weight is 488 g/mol. The zero-order valence-electron chi connectivity index (χ0n) is 17.6. The molecule has 3 rings (SSSR count). The van der Waals surface area contributed by atoms with E-state index in [0.29, 0.717) is 0 Å². The van der Waals surface area contributed by atoms with E-state index in [-0.39, 0.29) is 0 Å². The second kappa shape index (κ2) is 11.0. The molecule has 3 heterocycles. The molecule has 3 aliphatic heterocycles. The quantitative estimate of drug-likeness (QED) is 0.167. The Bertz CT molecular complexity index is 624. The first kappa shape index (κ1) is 27.0. The Morgan fingerprint density at radius 1 is 0.606 bits per heavy atom. The first-order chi connectivity index (χ1) is 15.5. The van der Waals surface area contributed by atoms with Crippen molar-refractivity contribution < 1.29 is 74.7 Å². The summed E-state index contributed by atoms with van der Waals surface area (Å²) >= 11 is 0. The predicted octanol–water partition coefficient (Wildman–Crippen LogP) is -6.55. The van der Waals surface area contributed by atoms with Gasteiger partial charge in [0.2, 0.25) is 0 Å². The van der Waals surface area contributed by atoms with Crippen LogP contribution in [0.3, 0.4) is 0 Å². The number of rotatable bonds is 6. The van der Waals surface area contributed by atoms with Gasteiger partial charge in [0.05, 0.1) is 19.3 Å². The Balaban J connectivity index is 1.65. The van der Waals surface area contributed by atoms with E-state index in [9.17, 15) is 51.1 Å². The third-order valence-electron chi connectivity index (χ3n) is 6.03. The summed E-state index contributed by atoms with van der Waals surface area (Å²) in [6, 6.07) is 0. The Kier molecular flexibility index (Phi) is 8.99. The first-order valence-electron chi connectivity index (χ1n) is 10.4. The van der Waals surface area contributed by atoms with E-state index in [1.54, 1.807) is 0 Å². The molecule has 10 N–H and O–H groups in total. The van der Waals surface area contributed by atoms with Gasteiger partial charge in [-0.25, -0.2) is 0 Å². The van der Waals surface area contributed by atoms with Crippen molar-refractivity contribution in [2.75, 3.05) is 13.2 Å². The van der Waals surface area contributed by atoms with Crippen LogP contribution in [0.25, 0.3) is 0 Å². The van der Waals surface area contributed by atoms with E-state index in [0.717, 1.165) is 0 Å². The molecule has 0 radical (unpaired) electrons. The van der Waals surface area contributed by atoms with Gasteiger partial charge in [-0.15, -0.1) is 0 Å². The Hall–Kier alpha value is -0.600. The van der Waals surface area contributed by atoms with Crippen molar-refractivity contribution >= 4 is 0 Å².